The molecule has 23 heavy (non-hydrogen) atoms. The van der Waals surface area contributed by atoms with Gasteiger partial charge in [-0.2, -0.15) is 0 Å². The number of carbonyl (C=O) groups excluding carboxylic acids is 1. The lowest BCUT2D eigenvalue weighted by molar-refractivity contribution is -0.120. The van der Waals surface area contributed by atoms with Crippen LogP contribution in [0.3, 0.4) is 0 Å². The number of fused-ring (bicyclic) bond motifs is 1. The van der Waals surface area contributed by atoms with E-state index in [-0.39, 0.29) is 24.1 Å². The zero-order chi connectivity index (χ0) is 16.3. The second-order valence-corrected chi connectivity index (χ2v) is 7.66. The van der Waals surface area contributed by atoms with Gasteiger partial charge in [-0.05, 0) is 29.1 Å². The Morgan fingerprint density at radius 2 is 2.04 bits per heavy atom. The molecule has 1 aromatic carbocycles. The number of thiophene rings is 1. The van der Waals surface area contributed by atoms with Gasteiger partial charge in [0.25, 0.3) is 10.0 Å². The van der Waals surface area contributed by atoms with Crippen LogP contribution in [-0.4, -0.2) is 27.7 Å². The van der Waals surface area contributed by atoms with Crippen molar-refractivity contribution in [3.8, 4) is 11.5 Å². The molecule has 0 atom stereocenters. The highest BCUT2D eigenvalue weighted by atomic mass is 32.2. The number of benzene rings is 1. The first-order valence-electron chi connectivity index (χ1n) is 6.73. The number of amides is 1. The van der Waals surface area contributed by atoms with Crippen molar-refractivity contribution in [3.05, 3.63) is 41.3 Å². The monoisotopic (exact) mass is 354 g/mol. The van der Waals surface area contributed by atoms with E-state index in [4.69, 9.17) is 9.47 Å². The highest BCUT2D eigenvalue weighted by molar-refractivity contribution is 7.91. The maximum atomic E-state index is 11.9. The van der Waals surface area contributed by atoms with Gasteiger partial charge in [0.2, 0.25) is 12.7 Å². The SMILES string of the molecule is O=C(CNS(=O)(=O)c1cccs1)NCc1ccc2c(c1)OCO2. The summed E-state index contributed by atoms with van der Waals surface area (Å²) in [5, 5.41) is 4.31. The average Bonchev–Trinajstić information content (AvgIpc) is 3.21. The van der Waals surface area contributed by atoms with E-state index in [2.05, 4.69) is 10.0 Å². The number of ether oxygens (including phenoxy) is 2. The van der Waals surface area contributed by atoms with E-state index in [1.165, 1.54) is 6.07 Å². The van der Waals surface area contributed by atoms with Crippen molar-refractivity contribution in [2.24, 2.45) is 0 Å². The third-order valence-electron chi connectivity index (χ3n) is 3.11. The predicted octanol–water partition coefficient (Wildman–Crippen LogP) is 1.07. The third kappa shape index (κ3) is 3.81. The number of rotatable bonds is 6. The Morgan fingerprint density at radius 1 is 1.22 bits per heavy atom. The fourth-order valence-corrected chi connectivity index (χ4v) is 3.98. The van der Waals surface area contributed by atoms with Crippen LogP contribution >= 0.6 is 11.3 Å². The summed E-state index contributed by atoms with van der Waals surface area (Å²) in [6.45, 7) is 0.149. The maximum absolute atomic E-state index is 11.9. The maximum Gasteiger partial charge on any atom is 0.250 e. The first-order chi connectivity index (χ1) is 11.0. The lowest BCUT2D eigenvalue weighted by Crippen LogP contribution is -2.36. The molecule has 0 aliphatic carbocycles. The highest BCUT2D eigenvalue weighted by Crippen LogP contribution is 2.32. The van der Waals surface area contributed by atoms with Crippen LogP contribution in [-0.2, 0) is 21.4 Å². The standard InChI is InChI=1S/C14H14N2O5S2/c17-13(8-16-23(18,19)14-2-1-5-22-14)15-7-10-3-4-11-12(6-10)21-9-20-11/h1-6,16H,7-9H2,(H,15,17). The van der Waals surface area contributed by atoms with E-state index < -0.39 is 15.9 Å². The number of hydrogen-bond donors (Lipinski definition) is 2. The van der Waals surface area contributed by atoms with Gasteiger partial charge in [-0.25, -0.2) is 13.1 Å². The molecule has 0 bridgehead atoms. The summed E-state index contributed by atoms with van der Waals surface area (Å²) in [6, 6.07) is 8.47. The molecule has 0 saturated carbocycles. The van der Waals surface area contributed by atoms with E-state index in [1.807, 2.05) is 6.07 Å². The van der Waals surface area contributed by atoms with Gasteiger partial charge in [-0.15, -0.1) is 11.3 Å². The van der Waals surface area contributed by atoms with Crippen molar-refractivity contribution in [1.82, 2.24) is 10.0 Å². The molecule has 1 amide bonds. The highest BCUT2D eigenvalue weighted by Gasteiger charge is 2.17. The number of nitrogens with one attached hydrogen (secondary N) is 2. The Balaban J connectivity index is 1.50. The molecule has 0 spiro atoms. The molecule has 1 aromatic heterocycles. The fourth-order valence-electron chi connectivity index (χ4n) is 1.96. The van der Waals surface area contributed by atoms with Gasteiger partial charge in [0.1, 0.15) is 4.21 Å². The van der Waals surface area contributed by atoms with Crippen LogP contribution < -0.4 is 19.5 Å². The van der Waals surface area contributed by atoms with E-state index in [0.717, 1.165) is 16.9 Å². The molecule has 0 fully saturated rings. The van der Waals surface area contributed by atoms with Crippen molar-refractivity contribution in [3.63, 3.8) is 0 Å². The molecule has 7 nitrogen and oxygen atoms in total. The molecule has 1 aliphatic rings. The number of hydrogen-bond acceptors (Lipinski definition) is 6. The quantitative estimate of drug-likeness (QED) is 0.809. The molecule has 1 aliphatic heterocycles. The predicted molar refractivity (Wildman–Crippen MR) is 83.9 cm³/mol. The van der Waals surface area contributed by atoms with Crippen LogP contribution in [0.15, 0.2) is 39.9 Å². The van der Waals surface area contributed by atoms with Crippen LogP contribution in [0.1, 0.15) is 5.56 Å². The average molecular weight is 354 g/mol. The summed E-state index contributed by atoms with van der Waals surface area (Å²) < 4.78 is 36.7. The molecule has 0 saturated heterocycles. The van der Waals surface area contributed by atoms with E-state index in [9.17, 15) is 13.2 Å². The molecule has 3 rings (SSSR count). The van der Waals surface area contributed by atoms with Crippen LogP contribution in [0.2, 0.25) is 0 Å². The van der Waals surface area contributed by atoms with Crippen molar-refractivity contribution in [2.75, 3.05) is 13.3 Å². The first kappa shape index (κ1) is 15.8. The minimum atomic E-state index is -3.63. The molecular formula is C14H14N2O5S2. The van der Waals surface area contributed by atoms with Crippen molar-refractivity contribution in [1.29, 1.82) is 0 Å². The minimum absolute atomic E-state index is 0.182. The van der Waals surface area contributed by atoms with E-state index in [1.54, 1.807) is 23.6 Å². The van der Waals surface area contributed by atoms with Gasteiger partial charge in [0.15, 0.2) is 11.5 Å². The molecule has 2 N–H and O–H groups in total. The first-order valence-corrected chi connectivity index (χ1v) is 9.09. The minimum Gasteiger partial charge on any atom is -0.454 e. The van der Waals surface area contributed by atoms with Crippen molar-refractivity contribution in [2.45, 2.75) is 10.8 Å². The molecular weight excluding hydrogens is 340 g/mol. The Hall–Kier alpha value is -2.10. The van der Waals surface area contributed by atoms with Crippen LogP contribution in [0.4, 0.5) is 0 Å². The molecule has 2 heterocycles. The molecule has 122 valence electrons. The topological polar surface area (TPSA) is 93.7 Å². The van der Waals surface area contributed by atoms with Gasteiger partial charge in [0, 0.05) is 6.54 Å². The summed E-state index contributed by atoms with van der Waals surface area (Å²) in [5.74, 6) is 0.890. The summed E-state index contributed by atoms with van der Waals surface area (Å²) in [5.41, 5.74) is 0.837. The van der Waals surface area contributed by atoms with Gasteiger partial charge in [0.05, 0.1) is 6.54 Å². The van der Waals surface area contributed by atoms with Gasteiger partial charge in [-0.3, -0.25) is 4.79 Å². The molecule has 0 radical (unpaired) electrons. The Bertz CT molecular complexity index is 803. The van der Waals surface area contributed by atoms with E-state index >= 15 is 0 Å². The molecule has 9 heteroatoms. The van der Waals surface area contributed by atoms with Crippen LogP contribution in [0.25, 0.3) is 0 Å². The van der Waals surface area contributed by atoms with Gasteiger partial charge in [-0.1, -0.05) is 12.1 Å². The van der Waals surface area contributed by atoms with Gasteiger partial charge < -0.3 is 14.8 Å². The second-order valence-electron chi connectivity index (χ2n) is 4.72. The zero-order valence-electron chi connectivity index (χ0n) is 11.9. The number of carbonyl (C=O) groups is 1. The zero-order valence-corrected chi connectivity index (χ0v) is 13.6. The van der Waals surface area contributed by atoms with Crippen molar-refractivity contribution < 1.29 is 22.7 Å². The largest absolute Gasteiger partial charge is 0.454 e. The van der Waals surface area contributed by atoms with Crippen LogP contribution in [0, 0.1) is 0 Å². The normalized spacial score (nSPS) is 13.0. The third-order valence-corrected chi connectivity index (χ3v) is 5.91. The smallest absolute Gasteiger partial charge is 0.250 e. The molecule has 2 aromatic rings. The summed E-state index contributed by atoms with van der Waals surface area (Å²) in [4.78, 5) is 11.8. The summed E-state index contributed by atoms with van der Waals surface area (Å²) >= 11 is 1.10. The Kier molecular flexibility index (Phi) is 4.51. The Labute approximate surface area is 137 Å². The summed E-state index contributed by atoms with van der Waals surface area (Å²) in [7, 11) is -3.63. The lowest BCUT2D eigenvalue weighted by atomic mass is 10.2. The van der Waals surface area contributed by atoms with Crippen molar-refractivity contribution >= 4 is 27.3 Å². The van der Waals surface area contributed by atoms with E-state index in [0.29, 0.717) is 11.5 Å². The fraction of sp³-hybridized carbons (Fsp3) is 0.214. The lowest BCUT2D eigenvalue weighted by Gasteiger charge is -2.07. The molecule has 0 unspecified atom stereocenters. The summed E-state index contributed by atoms with van der Waals surface area (Å²) in [6.07, 6.45) is 0. The van der Waals surface area contributed by atoms with Crippen LogP contribution in [0.5, 0.6) is 11.5 Å². The Morgan fingerprint density at radius 3 is 2.83 bits per heavy atom. The van der Waals surface area contributed by atoms with Gasteiger partial charge >= 0.3 is 0 Å². The number of sulfonamides is 1. The second kappa shape index (κ2) is 6.57.